The van der Waals surface area contributed by atoms with E-state index in [1.54, 1.807) is 18.7 Å². The Labute approximate surface area is 236 Å². The smallest absolute Gasteiger partial charge is 0.332 e. The normalized spacial score (nSPS) is 19.5. The predicted octanol–water partition coefficient (Wildman–Crippen LogP) is 1.02. The third-order valence-corrected chi connectivity index (χ3v) is 7.89. The number of carbonyl (C=O) groups excluding carboxylic acids is 2. The Bertz CT molecular complexity index is 1830. The largest absolute Gasteiger partial charge is 0.354 e. The number of carbonyl (C=O) groups is 2. The first-order valence-corrected chi connectivity index (χ1v) is 13.3. The van der Waals surface area contributed by atoms with Gasteiger partial charge in [-0.3, -0.25) is 28.5 Å². The van der Waals surface area contributed by atoms with Gasteiger partial charge in [0.25, 0.3) is 11.5 Å². The Hall–Kier alpha value is -4.89. The molecule has 1 saturated carbocycles. The Morgan fingerprint density at radius 2 is 1.81 bits per heavy atom. The van der Waals surface area contributed by atoms with Crippen molar-refractivity contribution in [1.29, 1.82) is 0 Å². The zero-order valence-corrected chi connectivity index (χ0v) is 22.9. The summed E-state index contributed by atoms with van der Waals surface area (Å²) >= 11 is 0. The molecule has 1 aliphatic carbocycles. The molecule has 14 nitrogen and oxygen atoms in total. The molecular formula is C26H26F2N10O4. The fourth-order valence-corrected chi connectivity index (χ4v) is 5.23. The third kappa shape index (κ3) is 4.42. The van der Waals surface area contributed by atoms with Crippen molar-refractivity contribution in [3.8, 4) is 11.4 Å². The van der Waals surface area contributed by atoms with Gasteiger partial charge in [-0.2, -0.15) is 0 Å². The molecule has 1 aliphatic heterocycles. The molecule has 3 atom stereocenters. The Kier molecular flexibility index (Phi) is 6.42. The summed E-state index contributed by atoms with van der Waals surface area (Å²) in [6.07, 6.45) is 7.18. The molecule has 1 saturated heterocycles. The SMILES string of the molecule is CCC(=O)Cn1c(=O)c2c(ncn2C(C)C(=O)Nc2cncc(-c3cnc(N4CC5C(C4)C5(F)F)cn3)n2)n(C)c1=O. The molecule has 42 heavy (non-hydrogen) atoms. The number of piperidine rings is 1. The van der Waals surface area contributed by atoms with Crippen LogP contribution in [-0.2, 0) is 23.2 Å². The first kappa shape index (κ1) is 27.3. The number of imidazole rings is 1. The lowest BCUT2D eigenvalue weighted by Crippen LogP contribution is -2.41. The maximum atomic E-state index is 13.5. The van der Waals surface area contributed by atoms with Gasteiger partial charge in [0, 0.05) is 26.6 Å². The van der Waals surface area contributed by atoms with Crippen LogP contribution in [0.2, 0.25) is 0 Å². The molecule has 1 N–H and O–H groups in total. The van der Waals surface area contributed by atoms with Crippen molar-refractivity contribution in [3.63, 3.8) is 0 Å². The molecule has 0 spiro atoms. The maximum Gasteiger partial charge on any atom is 0.332 e. The van der Waals surface area contributed by atoms with Gasteiger partial charge in [0.15, 0.2) is 22.8 Å². The van der Waals surface area contributed by atoms with Crippen LogP contribution in [0.1, 0.15) is 26.3 Å². The standard InChI is InChI=1S/C26H26F2N10O4/c1-4-14(39)9-37-24(41)21-22(35(3)25(37)42)32-12-38(21)13(2)23(40)34-19-7-29-5-18(33-19)17-6-31-20(8-30-17)36-10-15-16(11-36)26(15,27)28/h5-8,12-13,15-16H,4,9-11H2,1-3H3,(H,33,34,40). The molecule has 5 heterocycles. The van der Waals surface area contributed by atoms with E-state index in [9.17, 15) is 28.0 Å². The molecule has 1 amide bonds. The van der Waals surface area contributed by atoms with Crippen molar-refractivity contribution < 1.29 is 18.4 Å². The van der Waals surface area contributed by atoms with E-state index in [0.717, 1.165) is 9.13 Å². The van der Waals surface area contributed by atoms with Crippen molar-refractivity contribution in [2.24, 2.45) is 18.9 Å². The average molecular weight is 581 g/mol. The number of Topliss-reactive ketones (excluding diaryl/α,β-unsaturated/α-hetero) is 1. The fraction of sp³-hybridized carbons (Fsp3) is 0.423. The Morgan fingerprint density at radius 3 is 2.48 bits per heavy atom. The van der Waals surface area contributed by atoms with E-state index in [1.165, 1.54) is 42.7 Å². The molecule has 4 aromatic rings. The molecule has 6 rings (SSSR count). The molecule has 0 radical (unpaired) electrons. The first-order valence-electron chi connectivity index (χ1n) is 13.3. The van der Waals surface area contributed by atoms with Gasteiger partial charge in [-0.15, -0.1) is 0 Å². The summed E-state index contributed by atoms with van der Waals surface area (Å²) in [7, 11) is 1.43. The van der Waals surface area contributed by atoms with E-state index in [-0.39, 0.29) is 48.8 Å². The number of ketones is 1. The molecule has 218 valence electrons. The second kappa shape index (κ2) is 9.88. The van der Waals surface area contributed by atoms with Crippen LogP contribution in [0.4, 0.5) is 20.4 Å². The van der Waals surface area contributed by atoms with E-state index >= 15 is 0 Å². The number of alkyl halides is 2. The van der Waals surface area contributed by atoms with Crippen molar-refractivity contribution in [2.45, 2.75) is 38.8 Å². The van der Waals surface area contributed by atoms with Gasteiger partial charge in [0.1, 0.15) is 23.2 Å². The molecule has 0 bridgehead atoms. The summed E-state index contributed by atoms with van der Waals surface area (Å²) in [6, 6.07) is -0.959. The maximum absolute atomic E-state index is 13.5. The van der Waals surface area contributed by atoms with E-state index in [1.807, 2.05) is 0 Å². The van der Waals surface area contributed by atoms with E-state index < -0.39 is 41.0 Å². The molecule has 0 aromatic carbocycles. The van der Waals surface area contributed by atoms with E-state index in [0.29, 0.717) is 17.2 Å². The van der Waals surface area contributed by atoms with E-state index in [4.69, 9.17) is 0 Å². The van der Waals surface area contributed by atoms with Crippen LogP contribution in [0, 0.1) is 11.8 Å². The third-order valence-electron chi connectivity index (χ3n) is 7.89. The highest BCUT2D eigenvalue weighted by atomic mass is 19.3. The number of nitrogens with one attached hydrogen (secondary N) is 1. The highest BCUT2D eigenvalue weighted by molar-refractivity contribution is 5.93. The van der Waals surface area contributed by atoms with Crippen molar-refractivity contribution >= 4 is 34.5 Å². The molecule has 16 heteroatoms. The molecule has 2 fully saturated rings. The van der Waals surface area contributed by atoms with Gasteiger partial charge in [0.05, 0.1) is 49.5 Å². The van der Waals surface area contributed by atoms with Gasteiger partial charge in [-0.25, -0.2) is 33.5 Å². The zero-order valence-electron chi connectivity index (χ0n) is 22.9. The number of hydrogen-bond donors (Lipinski definition) is 1. The van der Waals surface area contributed by atoms with Gasteiger partial charge in [0.2, 0.25) is 5.91 Å². The van der Waals surface area contributed by atoms with Gasteiger partial charge in [-0.05, 0) is 6.92 Å². The lowest BCUT2D eigenvalue weighted by molar-refractivity contribution is -0.120. The highest BCUT2D eigenvalue weighted by Gasteiger charge is 2.71. The lowest BCUT2D eigenvalue weighted by Gasteiger charge is -2.20. The van der Waals surface area contributed by atoms with Crippen molar-refractivity contribution in [2.75, 3.05) is 23.3 Å². The molecular weight excluding hydrogens is 554 g/mol. The average Bonchev–Trinajstić information content (AvgIpc) is 3.41. The monoisotopic (exact) mass is 580 g/mol. The van der Waals surface area contributed by atoms with Crippen LogP contribution >= 0.6 is 0 Å². The predicted molar refractivity (Wildman–Crippen MR) is 145 cm³/mol. The number of hydrogen-bond acceptors (Lipinski definition) is 10. The molecule has 4 aromatic heterocycles. The minimum atomic E-state index is -2.58. The van der Waals surface area contributed by atoms with Crippen LogP contribution in [0.25, 0.3) is 22.6 Å². The van der Waals surface area contributed by atoms with Gasteiger partial charge < -0.3 is 14.8 Å². The number of fused-ring (bicyclic) bond motifs is 2. The number of anilines is 2. The summed E-state index contributed by atoms with van der Waals surface area (Å²) in [5.41, 5.74) is -0.643. The van der Waals surface area contributed by atoms with E-state index in [2.05, 4.69) is 30.2 Å². The summed E-state index contributed by atoms with van der Waals surface area (Å²) in [5, 5.41) is 2.66. The number of aryl methyl sites for hydroxylation is 1. The van der Waals surface area contributed by atoms with Crippen LogP contribution in [0.5, 0.6) is 0 Å². The second-order valence-electron chi connectivity index (χ2n) is 10.5. The van der Waals surface area contributed by atoms with Crippen LogP contribution in [0.15, 0.2) is 40.7 Å². The first-order chi connectivity index (χ1) is 20.0. The minimum Gasteiger partial charge on any atom is -0.354 e. The quantitative estimate of drug-likeness (QED) is 0.318. The zero-order chi connectivity index (χ0) is 29.9. The molecule has 3 unspecified atom stereocenters. The Morgan fingerprint density at radius 1 is 1.07 bits per heavy atom. The molecule has 2 aliphatic rings. The van der Waals surface area contributed by atoms with Crippen LogP contribution in [0.3, 0.4) is 0 Å². The summed E-state index contributed by atoms with van der Waals surface area (Å²) in [6.45, 7) is 3.26. The summed E-state index contributed by atoms with van der Waals surface area (Å²) in [5.74, 6) is -4.08. The van der Waals surface area contributed by atoms with Crippen LogP contribution < -0.4 is 21.5 Å². The van der Waals surface area contributed by atoms with Crippen LogP contribution in [-0.4, -0.2) is 69.3 Å². The topological polar surface area (TPSA) is 163 Å². The van der Waals surface area contributed by atoms with Gasteiger partial charge >= 0.3 is 5.69 Å². The van der Waals surface area contributed by atoms with Crippen molar-refractivity contribution in [1.82, 2.24) is 38.6 Å². The number of nitrogens with zero attached hydrogens (tertiary/aromatic N) is 9. The number of aromatic nitrogens is 8. The Balaban J connectivity index is 1.20. The number of halogens is 2. The highest BCUT2D eigenvalue weighted by Crippen LogP contribution is 2.59. The summed E-state index contributed by atoms with van der Waals surface area (Å²) in [4.78, 5) is 74.2. The van der Waals surface area contributed by atoms with Gasteiger partial charge in [-0.1, -0.05) is 6.92 Å². The fourth-order valence-electron chi connectivity index (χ4n) is 5.23. The number of rotatable bonds is 8. The second-order valence-corrected chi connectivity index (χ2v) is 10.5. The van der Waals surface area contributed by atoms with Crippen molar-refractivity contribution in [3.05, 3.63) is 52.0 Å². The lowest BCUT2D eigenvalue weighted by atomic mass is 10.3. The summed E-state index contributed by atoms with van der Waals surface area (Å²) < 4.78 is 30.3. The minimum absolute atomic E-state index is 0.00197. The number of amides is 1.